The number of anilines is 1. The minimum atomic E-state index is 0.374. The summed E-state index contributed by atoms with van der Waals surface area (Å²) >= 11 is 7.77. The van der Waals surface area contributed by atoms with Crippen LogP contribution in [-0.2, 0) is 0 Å². The van der Waals surface area contributed by atoms with Crippen LogP contribution in [0.15, 0.2) is 53.4 Å². The highest BCUT2D eigenvalue weighted by atomic mass is 35.5. The monoisotopic (exact) mass is 348 g/mol. The van der Waals surface area contributed by atoms with Crippen molar-refractivity contribution in [2.75, 3.05) is 43.4 Å². The van der Waals surface area contributed by atoms with E-state index in [0.717, 1.165) is 49.2 Å². The number of piperazine rings is 1. The molecule has 0 atom stereocenters. The molecule has 2 aromatic carbocycles. The normalized spacial score (nSPS) is 15.8. The molecule has 3 rings (SSSR count). The van der Waals surface area contributed by atoms with Crippen LogP contribution >= 0.6 is 23.4 Å². The SMILES string of the molecule is Oc1ccccc1N1CCN(CCSc2ccc(Cl)cc2)CC1. The topological polar surface area (TPSA) is 26.7 Å². The second-order valence-electron chi connectivity index (χ2n) is 5.62. The first-order valence-electron chi connectivity index (χ1n) is 7.86. The molecule has 0 amide bonds. The lowest BCUT2D eigenvalue weighted by Gasteiger charge is -2.36. The average Bonchev–Trinajstić information content (AvgIpc) is 2.58. The quantitative estimate of drug-likeness (QED) is 0.827. The fourth-order valence-corrected chi connectivity index (χ4v) is 3.81. The zero-order chi connectivity index (χ0) is 16.1. The molecule has 1 heterocycles. The molecule has 23 heavy (non-hydrogen) atoms. The maximum atomic E-state index is 9.95. The fourth-order valence-electron chi connectivity index (χ4n) is 2.77. The highest BCUT2D eigenvalue weighted by Crippen LogP contribution is 2.27. The maximum Gasteiger partial charge on any atom is 0.138 e. The fraction of sp³-hybridized carbons (Fsp3) is 0.333. The van der Waals surface area contributed by atoms with Crippen molar-refractivity contribution in [3.8, 4) is 5.75 Å². The van der Waals surface area contributed by atoms with Crippen molar-refractivity contribution in [3.05, 3.63) is 53.6 Å². The van der Waals surface area contributed by atoms with E-state index in [2.05, 4.69) is 21.9 Å². The Balaban J connectivity index is 1.43. The first-order valence-corrected chi connectivity index (χ1v) is 9.22. The predicted octanol–water partition coefficient (Wildman–Crippen LogP) is 3.96. The lowest BCUT2D eigenvalue weighted by atomic mass is 10.2. The van der Waals surface area contributed by atoms with E-state index in [4.69, 9.17) is 11.6 Å². The van der Waals surface area contributed by atoms with E-state index in [1.54, 1.807) is 6.07 Å². The minimum absolute atomic E-state index is 0.374. The molecule has 1 fully saturated rings. The Morgan fingerprint density at radius 2 is 1.65 bits per heavy atom. The number of hydrogen-bond acceptors (Lipinski definition) is 4. The van der Waals surface area contributed by atoms with Gasteiger partial charge in [0.15, 0.2) is 0 Å². The number of nitrogens with zero attached hydrogens (tertiary/aromatic N) is 2. The Labute approximate surface area is 146 Å². The number of hydrogen-bond donors (Lipinski definition) is 1. The van der Waals surface area contributed by atoms with Gasteiger partial charge in [-0.2, -0.15) is 0 Å². The van der Waals surface area contributed by atoms with Gasteiger partial charge in [0.1, 0.15) is 5.75 Å². The third kappa shape index (κ3) is 4.56. The second-order valence-corrected chi connectivity index (χ2v) is 7.22. The minimum Gasteiger partial charge on any atom is -0.506 e. The van der Waals surface area contributed by atoms with Crippen LogP contribution in [-0.4, -0.2) is 48.5 Å². The molecule has 1 aliphatic heterocycles. The highest BCUT2D eigenvalue weighted by molar-refractivity contribution is 7.99. The standard InChI is InChI=1S/C18H21ClN2OS/c19-15-5-7-16(8-6-15)23-14-13-20-9-11-21(12-10-20)17-3-1-2-4-18(17)22/h1-8,22H,9-14H2. The molecule has 122 valence electrons. The molecule has 1 aliphatic rings. The lowest BCUT2D eigenvalue weighted by molar-refractivity contribution is 0.272. The van der Waals surface area contributed by atoms with Gasteiger partial charge in [-0.15, -0.1) is 11.8 Å². The molecule has 0 bridgehead atoms. The summed E-state index contributed by atoms with van der Waals surface area (Å²) in [4.78, 5) is 6.01. The molecule has 0 radical (unpaired) electrons. The van der Waals surface area contributed by atoms with E-state index in [1.807, 2.05) is 42.1 Å². The zero-order valence-electron chi connectivity index (χ0n) is 13.0. The van der Waals surface area contributed by atoms with Gasteiger partial charge in [0, 0.05) is 48.4 Å². The Bertz CT molecular complexity index is 627. The molecule has 0 aromatic heterocycles. The van der Waals surface area contributed by atoms with Crippen LogP contribution in [0.4, 0.5) is 5.69 Å². The number of aromatic hydroxyl groups is 1. The van der Waals surface area contributed by atoms with E-state index >= 15 is 0 Å². The molecule has 1 N–H and O–H groups in total. The number of rotatable bonds is 5. The Kier molecular flexibility index (Phi) is 5.70. The van der Waals surface area contributed by atoms with Crippen molar-refractivity contribution in [3.63, 3.8) is 0 Å². The molecule has 1 saturated heterocycles. The van der Waals surface area contributed by atoms with Gasteiger partial charge >= 0.3 is 0 Å². The van der Waals surface area contributed by atoms with Gasteiger partial charge in [-0.05, 0) is 36.4 Å². The van der Waals surface area contributed by atoms with Crippen LogP contribution in [0.5, 0.6) is 5.75 Å². The van der Waals surface area contributed by atoms with Crippen molar-refractivity contribution >= 4 is 29.1 Å². The van der Waals surface area contributed by atoms with Crippen molar-refractivity contribution < 1.29 is 5.11 Å². The van der Waals surface area contributed by atoms with Crippen LogP contribution in [0.1, 0.15) is 0 Å². The molecular weight excluding hydrogens is 328 g/mol. The number of phenols is 1. The van der Waals surface area contributed by atoms with Crippen LogP contribution in [0.3, 0.4) is 0 Å². The summed E-state index contributed by atoms with van der Waals surface area (Å²) in [6, 6.07) is 15.6. The van der Waals surface area contributed by atoms with Crippen LogP contribution < -0.4 is 4.90 Å². The van der Waals surface area contributed by atoms with Gasteiger partial charge in [-0.3, -0.25) is 4.90 Å². The largest absolute Gasteiger partial charge is 0.506 e. The first-order chi connectivity index (χ1) is 11.2. The molecule has 0 saturated carbocycles. The van der Waals surface area contributed by atoms with Crippen molar-refractivity contribution in [1.29, 1.82) is 0 Å². The predicted molar refractivity (Wildman–Crippen MR) is 98.9 cm³/mol. The zero-order valence-corrected chi connectivity index (χ0v) is 14.6. The van der Waals surface area contributed by atoms with E-state index in [9.17, 15) is 5.11 Å². The summed E-state index contributed by atoms with van der Waals surface area (Å²) in [5, 5.41) is 10.7. The molecular formula is C18H21ClN2OS. The summed E-state index contributed by atoms with van der Waals surface area (Å²) in [7, 11) is 0. The van der Waals surface area contributed by atoms with Gasteiger partial charge < -0.3 is 10.0 Å². The van der Waals surface area contributed by atoms with E-state index < -0.39 is 0 Å². The van der Waals surface area contributed by atoms with Gasteiger partial charge in [0.25, 0.3) is 0 Å². The highest BCUT2D eigenvalue weighted by Gasteiger charge is 2.18. The lowest BCUT2D eigenvalue weighted by Crippen LogP contribution is -2.47. The van der Waals surface area contributed by atoms with Crippen LogP contribution in [0, 0.1) is 0 Å². The molecule has 0 aliphatic carbocycles. The van der Waals surface area contributed by atoms with Gasteiger partial charge in [0.2, 0.25) is 0 Å². The van der Waals surface area contributed by atoms with E-state index in [-0.39, 0.29) is 0 Å². The van der Waals surface area contributed by atoms with E-state index in [1.165, 1.54) is 4.90 Å². The maximum absolute atomic E-state index is 9.95. The summed E-state index contributed by atoms with van der Waals surface area (Å²) in [6.45, 7) is 5.08. The third-order valence-electron chi connectivity index (χ3n) is 4.08. The van der Waals surface area contributed by atoms with Crippen molar-refractivity contribution in [2.45, 2.75) is 4.90 Å². The van der Waals surface area contributed by atoms with Gasteiger partial charge in [0.05, 0.1) is 5.69 Å². The Hall–Kier alpha value is -1.36. The Morgan fingerprint density at radius 3 is 2.35 bits per heavy atom. The molecule has 2 aromatic rings. The molecule has 3 nitrogen and oxygen atoms in total. The van der Waals surface area contributed by atoms with Gasteiger partial charge in [-0.1, -0.05) is 23.7 Å². The number of para-hydroxylation sites is 2. The number of halogens is 1. The number of phenolic OH excluding ortho intramolecular Hbond substituents is 1. The van der Waals surface area contributed by atoms with E-state index in [0.29, 0.717) is 5.75 Å². The second kappa shape index (κ2) is 7.95. The molecule has 0 spiro atoms. The summed E-state index contributed by atoms with van der Waals surface area (Å²) in [5.41, 5.74) is 0.947. The van der Waals surface area contributed by atoms with Crippen LogP contribution in [0.2, 0.25) is 5.02 Å². The van der Waals surface area contributed by atoms with Crippen molar-refractivity contribution in [2.24, 2.45) is 0 Å². The van der Waals surface area contributed by atoms with Crippen molar-refractivity contribution in [1.82, 2.24) is 4.90 Å². The summed E-state index contributed by atoms with van der Waals surface area (Å²) in [5.74, 6) is 1.46. The first kappa shape index (κ1) is 16.5. The smallest absolute Gasteiger partial charge is 0.138 e. The summed E-state index contributed by atoms with van der Waals surface area (Å²) < 4.78 is 0. The summed E-state index contributed by atoms with van der Waals surface area (Å²) in [6.07, 6.45) is 0. The Morgan fingerprint density at radius 1 is 0.957 bits per heavy atom. The average molecular weight is 349 g/mol. The number of benzene rings is 2. The van der Waals surface area contributed by atoms with Crippen LogP contribution in [0.25, 0.3) is 0 Å². The number of thioether (sulfide) groups is 1. The molecule has 5 heteroatoms. The molecule has 0 unspecified atom stereocenters. The third-order valence-corrected chi connectivity index (χ3v) is 5.33. The van der Waals surface area contributed by atoms with Gasteiger partial charge in [-0.25, -0.2) is 0 Å².